The van der Waals surface area contributed by atoms with Crippen molar-refractivity contribution in [1.29, 1.82) is 0 Å². The third-order valence-electron chi connectivity index (χ3n) is 4.00. The highest BCUT2D eigenvalue weighted by Gasteiger charge is 2.24. The van der Waals surface area contributed by atoms with Crippen molar-refractivity contribution in [3.63, 3.8) is 0 Å². The van der Waals surface area contributed by atoms with E-state index in [-0.39, 0.29) is 11.8 Å². The minimum atomic E-state index is -0.940. The fraction of sp³-hybridized carbons (Fsp3) is 0.368. The summed E-state index contributed by atoms with van der Waals surface area (Å²) in [5.41, 5.74) is 2.55. The number of ketones is 1. The standard InChI is InChI=1S/C19H22FNO3/c1-11(2)21-12(3)10-17(13(21)4)19(23)24-14(5)18(22)15-6-8-16(20)9-7-15/h6-11,14H,1-5H3/t14-/m0/s1. The molecule has 0 unspecified atom stereocenters. The maximum atomic E-state index is 12.9. The summed E-state index contributed by atoms with van der Waals surface area (Å²) in [4.78, 5) is 24.7. The summed E-state index contributed by atoms with van der Waals surface area (Å²) < 4.78 is 20.3. The Morgan fingerprint density at radius 1 is 1.08 bits per heavy atom. The van der Waals surface area contributed by atoms with Gasteiger partial charge in [0, 0.05) is 23.0 Å². The van der Waals surface area contributed by atoms with E-state index in [1.807, 2.05) is 32.3 Å². The van der Waals surface area contributed by atoms with E-state index in [0.29, 0.717) is 11.1 Å². The fourth-order valence-corrected chi connectivity index (χ4v) is 2.90. The number of aromatic nitrogens is 1. The fourth-order valence-electron chi connectivity index (χ4n) is 2.90. The van der Waals surface area contributed by atoms with Crippen LogP contribution >= 0.6 is 0 Å². The quantitative estimate of drug-likeness (QED) is 0.608. The van der Waals surface area contributed by atoms with Crippen LogP contribution < -0.4 is 0 Å². The second kappa shape index (κ2) is 6.99. The van der Waals surface area contributed by atoms with Crippen LogP contribution in [0, 0.1) is 19.7 Å². The summed E-state index contributed by atoms with van der Waals surface area (Å²) in [6, 6.07) is 7.17. The summed E-state index contributed by atoms with van der Waals surface area (Å²) in [6.07, 6.45) is -0.940. The largest absolute Gasteiger partial charge is 0.451 e. The highest BCUT2D eigenvalue weighted by molar-refractivity contribution is 6.01. The molecule has 0 bridgehead atoms. The SMILES string of the molecule is Cc1cc(C(=O)O[C@@H](C)C(=O)c2ccc(F)cc2)c(C)n1C(C)C. The number of ether oxygens (including phenoxy) is 1. The predicted molar refractivity (Wildman–Crippen MR) is 89.9 cm³/mol. The summed E-state index contributed by atoms with van der Waals surface area (Å²) in [5.74, 6) is -1.31. The highest BCUT2D eigenvalue weighted by atomic mass is 19.1. The molecule has 128 valence electrons. The van der Waals surface area contributed by atoms with Gasteiger partial charge in [0.25, 0.3) is 0 Å². The van der Waals surface area contributed by atoms with Crippen molar-refractivity contribution in [2.45, 2.75) is 46.8 Å². The van der Waals surface area contributed by atoms with Crippen LogP contribution in [0.4, 0.5) is 4.39 Å². The molecule has 0 radical (unpaired) electrons. The first-order chi connectivity index (χ1) is 11.2. The lowest BCUT2D eigenvalue weighted by Gasteiger charge is -2.15. The molecule has 0 saturated carbocycles. The number of carbonyl (C=O) groups excluding carboxylic acids is 2. The van der Waals surface area contributed by atoms with Gasteiger partial charge in [-0.1, -0.05) is 0 Å². The van der Waals surface area contributed by atoms with Crippen LogP contribution in [0.1, 0.15) is 58.9 Å². The first-order valence-electron chi connectivity index (χ1n) is 7.91. The Morgan fingerprint density at radius 3 is 2.17 bits per heavy atom. The third kappa shape index (κ3) is 3.55. The second-order valence-corrected chi connectivity index (χ2v) is 6.17. The van der Waals surface area contributed by atoms with Gasteiger partial charge in [-0.2, -0.15) is 0 Å². The average Bonchev–Trinajstić information content (AvgIpc) is 2.82. The number of Topliss-reactive ketones (excluding diaryl/α,β-unsaturated/α-hetero) is 1. The van der Waals surface area contributed by atoms with Crippen LogP contribution in [0.3, 0.4) is 0 Å². The van der Waals surface area contributed by atoms with Crippen molar-refractivity contribution in [3.8, 4) is 0 Å². The van der Waals surface area contributed by atoms with Gasteiger partial charge in [-0.05, 0) is 65.0 Å². The zero-order valence-corrected chi connectivity index (χ0v) is 14.6. The van der Waals surface area contributed by atoms with E-state index in [4.69, 9.17) is 4.74 Å². The zero-order valence-electron chi connectivity index (χ0n) is 14.6. The average molecular weight is 331 g/mol. The maximum Gasteiger partial charge on any atom is 0.340 e. The van der Waals surface area contributed by atoms with Crippen molar-refractivity contribution < 1.29 is 18.7 Å². The van der Waals surface area contributed by atoms with Crippen LogP contribution in [0.5, 0.6) is 0 Å². The van der Waals surface area contributed by atoms with Crippen molar-refractivity contribution >= 4 is 11.8 Å². The smallest absolute Gasteiger partial charge is 0.340 e. The Kier molecular flexibility index (Phi) is 5.22. The first kappa shape index (κ1) is 17.9. The molecular weight excluding hydrogens is 309 g/mol. The topological polar surface area (TPSA) is 48.3 Å². The molecule has 0 N–H and O–H groups in total. The molecule has 0 aliphatic carbocycles. The van der Waals surface area contributed by atoms with Gasteiger partial charge < -0.3 is 9.30 Å². The van der Waals surface area contributed by atoms with E-state index in [9.17, 15) is 14.0 Å². The lowest BCUT2D eigenvalue weighted by molar-refractivity contribution is 0.0318. The van der Waals surface area contributed by atoms with Crippen molar-refractivity contribution in [2.75, 3.05) is 0 Å². The monoisotopic (exact) mass is 331 g/mol. The van der Waals surface area contributed by atoms with E-state index in [1.165, 1.54) is 31.2 Å². The molecular formula is C19H22FNO3. The molecule has 5 heteroatoms. The van der Waals surface area contributed by atoms with E-state index in [0.717, 1.165) is 11.4 Å². The highest BCUT2D eigenvalue weighted by Crippen LogP contribution is 2.21. The third-order valence-corrected chi connectivity index (χ3v) is 4.00. The Labute approximate surface area is 141 Å². The van der Waals surface area contributed by atoms with Gasteiger partial charge in [-0.15, -0.1) is 0 Å². The molecule has 2 rings (SSSR count). The lowest BCUT2D eigenvalue weighted by atomic mass is 10.1. The summed E-state index contributed by atoms with van der Waals surface area (Å²) in [6.45, 7) is 9.38. The second-order valence-electron chi connectivity index (χ2n) is 6.17. The van der Waals surface area contributed by atoms with Crippen LogP contribution in [0.2, 0.25) is 0 Å². The van der Waals surface area contributed by atoms with Gasteiger partial charge in [0.15, 0.2) is 6.10 Å². The number of rotatable bonds is 5. The molecule has 0 saturated heterocycles. The van der Waals surface area contributed by atoms with Crippen LogP contribution in [0.15, 0.2) is 30.3 Å². The molecule has 24 heavy (non-hydrogen) atoms. The normalized spacial score (nSPS) is 12.3. The number of esters is 1. The van der Waals surface area contributed by atoms with E-state index in [2.05, 4.69) is 0 Å². The van der Waals surface area contributed by atoms with Crippen molar-refractivity contribution in [3.05, 3.63) is 58.7 Å². The summed E-state index contributed by atoms with van der Waals surface area (Å²) in [5, 5.41) is 0. The Balaban J connectivity index is 2.16. The Bertz CT molecular complexity index is 760. The van der Waals surface area contributed by atoms with Gasteiger partial charge in [-0.25, -0.2) is 9.18 Å². The molecule has 1 aromatic heterocycles. The number of benzene rings is 1. The molecule has 0 fully saturated rings. The summed E-state index contributed by atoms with van der Waals surface area (Å²) in [7, 11) is 0. The molecule has 2 aromatic rings. The van der Waals surface area contributed by atoms with Gasteiger partial charge in [-0.3, -0.25) is 4.79 Å². The predicted octanol–water partition coefficient (Wildman–Crippen LogP) is 4.25. The zero-order chi connectivity index (χ0) is 18.0. The van der Waals surface area contributed by atoms with Gasteiger partial charge in [0.1, 0.15) is 5.82 Å². The van der Waals surface area contributed by atoms with Crippen molar-refractivity contribution in [1.82, 2.24) is 4.57 Å². The minimum absolute atomic E-state index is 0.227. The number of carbonyl (C=O) groups is 2. The van der Waals surface area contributed by atoms with Crippen LogP contribution in [-0.4, -0.2) is 22.4 Å². The number of hydrogen-bond acceptors (Lipinski definition) is 3. The molecule has 0 amide bonds. The first-order valence-corrected chi connectivity index (χ1v) is 7.91. The molecule has 0 spiro atoms. The number of hydrogen-bond donors (Lipinski definition) is 0. The molecule has 1 aromatic carbocycles. The number of aryl methyl sites for hydroxylation is 1. The minimum Gasteiger partial charge on any atom is -0.451 e. The van der Waals surface area contributed by atoms with E-state index in [1.54, 1.807) is 6.07 Å². The molecule has 4 nitrogen and oxygen atoms in total. The Hall–Kier alpha value is -2.43. The van der Waals surface area contributed by atoms with Gasteiger partial charge in [0.05, 0.1) is 5.56 Å². The van der Waals surface area contributed by atoms with Crippen molar-refractivity contribution in [2.24, 2.45) is 0 Å². The number of nitrogens with zero attached hydrogens (tertiary/aromatic N) is 1. The van der Waals surface area contributed by atoms with Crippen LogP contribution in [0.25, 0.3) is 0 Å². The Morgan fingerprint density at radius 2 is 1.67 bits per heavy atom. The molecule has 1 atom stereocenters. The molecule has 0 aliphatic heterocycles. The maximum absolute atomic E-state index is 12.9. The molecule has 0 aliphatic rings. The number of halogens is 1. The van der Waals surface area contributed by atoms with E-state index >= 15 is 0 Å². The van der Waals surface area contributed by atoms with E-state index < -0.39 is 17.9 Å². The van der Waals surface area contributed by atoms with Gasteiger partial charge in [0.2, 0.25) is 5.78 Å². The van der Waals surface area contributed by atoms with Crippen LogP contribution in [-0.2, 0) is 4.74 Å². The van der Waals surface area contributed by atoms with Gasteiger partial charge >= 0.3 is 5.97 Å². The molecule has 1 heterocycles. The summed E-state index contributed by atoms with van der Waals surface area (Å²) >= 11 is 0. The lowest BCUT2D eigenvalue weighted by Crippen LogP contribution is -2.24.